The molecular formula is C26H26N2O9. The Balaban J connectivity index is 2.00. The van der Waals surface area contributed by atoms with Gasteiger partial charge in [0, 0.05) is 11.6 Å². The smallest absolute Gasteiger partial charge is 0.301 e. The zero-order chi connectivity index (χ0) is 26.9. The van der Waals surface area contributed by atoms with Gasteiger partial charge in [0.15, 0.2) is 28.8 Å². The molecule has 4 rings (SSSR count). The van der Waals surface area contributed by atoms with Gasteiger partial charge < -0.3 is 33.3 Å². The fraction of sp³-hybridized carbons (Fsp3) is 0.269. The summed E-state index contributed by atoms with van der Waals surface area (Å²) in [4.78, 5) is 27.9. The number of amides is 1. The van der Waals surface area contributed by atoms with Crippen LogP contribution in [0.5, 0.6) is 28.7 Å². The van der Waals surface area contributed by atoms with Crippen LogP contribution in [0.25, 0.3) is 5.76 Å². The first-order valence-corrected chi connectivity index (χ1v) is 11.1. The van der Waals surface area contributed by atoms with Crippen molar-refractivity contribution >= 4 is 23.3 Å². The van der Waals surface area contributed by atoms with Crippen molar-refractivity contribution in [3.8, 4) is 28.7 Å². The van der Waals surface area contributed by atoms with Crippen LogP contribution in [0.4, 0.5) is 5.82 Å². The second-order valence-corrected chi connectivity index (χ2v) is 7.99. The van der Waals surface area contributed by atoms with E-state index in [9.17, 15) is 14.7 Å². The van der Waals surface area contributed by atoms with E-state index < -0.39 is 23.5 Å². The first-order valence-electron chi connectivity index (χ1n) is 11.1. The van der Waals surface area contributed by atoms with Crippen LogP contribution in [0.1, 0.15) is 22.9 Å². The number of aliphatic hydroxyl groups excluding tert-OH is 1. The first kappa shape index (κ1) is 25.4. The second-order valence-electron chi connectivity index (χ2n) is 7.99. The highest BCUT2D eigenvalue weighted by molar-refractivity contribution is 6.51. The summed E-state index contributed by atoms with van der Waals surface area (Å²) in [7, 11) is 7.28. The Morgan fingerprint density at radius 2 is 1.49 bits per heavy atom. The molecule has 1 saturated heterocycles. The highest BCUT2D eigenvalue weighted by Gasteiger charge is 2.48. The number of hydrogen-bond donors (Lipinski definition) is 1. The van der Waals surface area contributed by atoms with Crippen molar-refractivity contribution in [2.24, 2.45) is 0 Å². The Morgan fingerprint density at radius 1 is 0.865 bits per heavy atom. The molecule has 3 aromatic rings. The van der Waals surface area contributed by atoms with Gasteiger partial charge in [-0.25, -0.2) is 0 Å². The monoisotopic (exact) mass is 510 g/mol. The summed E-state index contributed by atoms with van der Waals surface area (Å²) < 4.78 is 32.1. The van der Waals surface area contributed by atoms with Crippen molar-refractivity contribution in [3.05, 3.63) is 58.9 Å². The molecule has 1 atom stereocenters. The van der Waals surface area contributed by atoms with Crippen LogP contribution >= 0.6 is 0 Å². The van der Waals surface area contributed by atoms with Gasteiger partial charge in [-0.3, -0.25) is 14.5 Å². The molecule has 1 unspecified atom stereocenters. The Kier molecular flexibility index (Phi) is 6.96. The molecule has 37 heavy (non-hydrogen) atoms. The summed E-state index contributed by atoms with van der Waals surface area (Å²) >= 11 is 0. The Bertz CT molecular complexity index is 1370. The number of aryl methyl sites for hydroxylation is 1. The van der Waals surface area contributed by atoms with Crippen LogP contribution in [0.2, 0.25) is 0 Å². The maximum atomic E-state index is 13.4. The fourth-order valence-electron chi connectivity index (χ4n) is 4.25. The zero-order valence-corrected chi connectivity index (χ0v) is 21.1. The molecule has 1 aromatic heterocycles. The lowest BCUT2D eigenvalue weighted by molar-refractivity contribution is -0.132. The minimum atomic E-state index is -1.11. The van der Waals surface area contributed by atoms with Gasteiger partial charge in [0.1, 0.15) is 11.5 Å². The second kappa shape index (κ2) is 10.1. The number of benzene rings is 2. The average Bonchev–Trinajstić information content (AvgIpc) is 3.46. The topological polar surface area (TPSA) is 130 Å². The van der Waals surface area contributed by atoms with E-state index in [1.165, 1.54) is 47.7 Å². The van der Waals surface area contributed by atoms with Crippen molar-refractivity contribution < 1.29 is 42.9 Å². The number of aromatic nitrogens is 1. The predicted octanol–water partition coefficient (Wildman–Crippen LogP) is 3.65. The molecular weight excluding hydrogens is 484 g/mol. The normalized spacial score (nSPS) is 16.6. The van der Waals surface area contributed by atoms with E-state index in [1.807, 2.05) is 0 Å². The number of hydrogen-bond acceptors (Lipinski definition) is 10. The lowest BCUT2D eigenvalue weighted by Crippen LogP contribution is -2.29. The Labute approximate surface area is 212 Å². The van der Waals surface area contributed by atoms with E-state index in [4.69, 9.17) is 28.2 Å². The highest BCUT2D eigenvalue weighted by Crippen LogP contribution is 2.47. The number of ether oxygens (including phenoxy) is 5. The molecule has 0 bridgehead atoms. The van der Waals surface area contributed by atoms with E-state index in [1.54, 1.807) is 31.2 Å². The summed E-state index contributed by atoms with van der Waals surface area (Å²) in [5, 5.41) is 15.3. The summed E-state index contributed by atoms with van der Waals surface area (Å²) in [6.07, 6.45) is 0. The number of carbonyl (C=O) groups is 2. The van der Waals surface area contributed by atoms with E-state index in [-0.39, 0.29) is 17.0 Å². The predicted molar refractivity (Wildman–Crippen MR) is 132 cm³/mol. The lowest BCUT2D eigenvalue weighted by atomic mass is 9.94. The lowest BCUT2D eigenvalue weighted by Gasteiger charge is -2.24. The highest BCUT2D eigenvalue weighted by atomic mass is 16.5. The van der Waals surface area contributed by atoms with Gasteiger partial charge in [0.05, 0.1) is 47.2 Å². The number of methoxy groups -OCH3 is 5. The molecule has 1 aliphatic heterocycles. The maximum Gasteiger partial charge on any atom is 0.301 e. The van der Waals surface area contributed by atoms with E-state index in [0.29, 0.717) is 40.1 Å². The molecule has 1 aliphatic rings. The fourth-order valence-corrected chi connectivity index (χ4v) is 4.25. The van der Waals surface area contributed by atoms with Crippen LogP contribution in [-0.4, -0.2) is 57.5 Å². The molecule has 0 spiro atoms. The molecule has 2 heterocycles. The molecule has 1 fully saturated rings. The number of Topliss-reactive ketones (excluding diaryl/α,β-unsaturated/α-hetero) is 1. The van der Waals surface area contributed by atoms with Crippen molar-refractivity contribution in [2.45, 2.75) is 13.0 Å². The molecule has 0 saturated carbocycles. The van der Waals surface area contributed by atoms with E-state index in [0.717, 1.165) is 4.90 Å². The van der Waals surface area contributed by atoms with Gasteiger partial charge in [0.2, 0.25) is 5.75 Å². The third-order valence-corrected chi connectivity index (χ3v) is 5.97. The van der Waals surface area contributed by atoms with Crippen molar-refractivity contribution in [1.29, 1.82) is 0 Å². The van der Waals surface area contributed by atoms with Gasteiger partial charge in [-0.15, -0.1) is 0 Å². The van der Waals surface area contributed by atoms with Crippen LogP contribution in [0, 0.1) is 6.92 Å². The number of nitrogens with zero attached hydrogens (tertiary/aromatic N) is 2. The summed E-state index contributed by atoms with van der Waals surface area (Å²) in [6, 6.07) is 8.25. The van der Waals surface area contributed by atoms with Gasteiger partial charge in [0.25, 0.3) is 5.78 Å². The van der Waals surface area contributed by atoms with Crippen molar-refractivity contribution in [2.75, 3.05) is 40.4 Å². The molecule has 0 aliphatic carbocycles. The third kappa shape index (κ3) is 4.28. The number of aliphatic hydroxyl groups is 1. The third-order valence-electron chi connectivity index (χ3n) is 5.97. The number of rotatable bonds is 8. The van der Waals surface area contributed by atoms with Crippen LogP contribution < -0.4 is 28.6 Å². The summed E-state index contributed by atoms with van der Waals surface area (Å²) in [6.45, 7) is 1.66. The average molecular weight is 510 g/mol. The van der Waals surface area contributed by atoms with Crippen LogP contribution in [-0.2, 0) is 9.59 Å². The van der Waals surface area contributed by atoms with Gasteiger partial charge in [-0.1, -0.05) is 5.16 Å². The van der Waals surface area contributed by atoms with E-state index in [2.05, 4.69) is 5.16 Å². The summed E-state index contributed by atoms with van der Waals surface area (Å²) in [5.41, 5.74) is 0.466. The number of carbonyl (C=O) groups excluding carboxylic acids is 2. The molecule has 0 radical (unpaired) electrons. The van der Waals surface area contributed by atoms with Gasteiger partial charge in [-0.05, 0) is 42.8 Å². The number of ketones is 1. The molecule has 1 amide bonds. The van der Waals surface area contributed by atoms with Crippen LogP contribution in [0.15, 0.2) is 46.5 Å². The SMILES string of the molecule is COc1ccc(/C(O)=C2\C(=O)C(=O)N(c3cc(C)on3)C2c2cc(OC)c(OC)c(OC)c2)cc1OC. The quantitative estimate of drug-likeness (QED) is 0.272. The molecule has 1 N–H and O–H groups in total. The largest absolute Gasteiger partial charge is 0.507 e. The molecule has 11 nitrogen and oxygen atoms in total. The molecule has 2 aromatic carbocycles. The Hall–Kier alpha value is -4.67. The summed E-state index contributed by atoms with van der Waals surface area (Å²) in [5.74, 6) is -0.0136. The van der Waals surface area contributed by atoms with Gasteiger partial charge in [-0.2, -0.15) is 0 Å². The van der Waals surface area contributed by atoms with Crippen molar-refractivity contribution in [3.63, 3.8) is 0 Å². The molecule has 11 heteroatoms. The minimum Gasteiger partial charge on any atom is -0.507 e. The standard InChI is InChI=1S/C26H26N2O9/c1-13-9-20(27-37-13)28-22(15-11-18(34-4)25(36-6)19(12-15)35-5)21(24(30)26(28)31)23(29)14-7-8-16(32-2)17(10-14)33-3/h7-12,22,29H,1-6H3/b23-21+. The van der Waals surface area contributed by atoms with Gasteiger partial charge >= 0.3 is 5.91 Å². The van der Waals surface area contributed by atoms with Crippen molar-refractivity contribution in [1.82, 2.24) is 5.16 Å². The number of anilines is 1. The Morgan fingerprint density at radius 3 is 2.00 bits per heavy atom. The van der Waals surface area contributed by atoms with E-state index >= 15 is 0 Å². The maximum absolute atomic E-state index is 13.4. The zero-order valence-electron chi connectivity index (χ0n) is 21.1. The minimum absolute atomic E-state index is 0.102. The van der Waals surface area contributed by atoms with Crippen LogP contribution in [0.3, 0.4) is 0 Å². The molecule has 194 valence electrons. The first-order chi connectivity index (χ1) is 17.8.